The van der Waals surface area contributed by atoms with Gasteiger partial charge in [-0.2, -0.15) is 0 Å². The average Bonchev–Trinajstić information content (AvgIpc) is 3.30. The largest absolute Gasteiger partial charge is 0.474 e. The van der Waals surface area contributed by atoms with E-state index in [1.165, 1.54) is 4.90 Å². The van der Waals surface area contributed by atoms with E-state index >= 15 is 0 Å². The molecule has 0 radical (unpaired) electrons. The fourth-order valence-electron chi connectivity index (χ4n) is 5.87. The molecule has 1 aliphatic rings. The molecule has 0 bridgehead atoms. The van der Waals surface area contributed by atoms with Crippen molar-refractivity contribution in [3.8, 4) is 0 Å². The highest BCUT2D eigenvalue weighted by Crippen LogP contribution is 2.50. The normalized spacial score (nSPS) is 16.3. The first-order chi connectivity index (χ1) is 22.4. The Morgan fingerprint density at radius 1 is 0.652 bits per heavy atom. The predicted molar refractivity (Wildman–Crippen MR) is 174 cm³/mol. The van der Waals surface area contributed by atoms with E-state index in [2.05, 4.69) is 0 Å². The number of rotatable bonds is 12. The van der Waals surface area contributed by atoms with E-state index in [4.69, 9.17) is 9.05 Å². The molecule has 232 valence electrons. The van der Waals surface area contributed by atoms with Crippen LogP contribution in [-0.4, -0.2) is 33.4 Å². The van der Waals surface area contributed by atoms with Crippen LogP contribution in [0.3, 0.4) is 0 Å². The molecule has 1 aliphatic heterocycles. The van der Waals surface area contributed by atoms with Gasteiger partial charge >= 0.3 is 13.9 Å². The van der Waals surface area contributed by atoms with Crippen molar-refractivity contribution in [1.82, 2.24) is 9.80 Å². The molecule has 8 nitrogen and oxygen atoms in total. The summed E-state index contributed by atoms with van der Waals surface area (Å²) in [6.45, 7) is -0.683. The Labute approximate surface area is 268 Å². The molecule has 1 N–H and O–H groups in total. The Hall–Kier alpha value is -4.85. The predicted octanol–water partition coefficient (Wildman–Crippen LogP) is 7.47. The third-order valence-corrected chi connectivity index (χ3v) is 9.00. The van der Waals surface area contributed by atoms with Crippen LogP contribution in [0.5, 0.6) is 0 Å². The number of hydrogen-bond donors (Lipinski definition) is 1. The number of carbonyl (C=O) groups excluding carboxylic acids is 2. The van der Waals surface area contributed by atoms with Gasteiger partial charge in [-0.3, -0.25) is 18.7 Å². The molecule has 0 saturated carbocycles. The van der Waals surface area contributed by atoms with Crippen LogP contribution >= 0.6 is 7.82 Å². The molecule has 2 atom stereocenters. The molecule has 46 heavy (non-hydrogen) atoms. The second kappa shape index (κ2) is 13.6. The van der Waals surface area contributed by atoms with Gasteiger partial charge in [0.1, 0.15) is 6.73 Å². The zero-order valence-corrected chi connectivity index (χ0v) is 25.9. The average molecular weight is 633 g/mol. The number of imide groups is 1. The lowest BCUT2D eigenvalue weighted by atomic mass is 9.81. The summed E-state index contributed by atoms with van der Waals surface area (Å²) in [4.78, 5) is 42.2. The molecule has 0 aliphatic carbocycles. The summed E-state index contributed by atoms with van der Waals surface area (Å²) in [7, 11) is -4.79. The highest BCUT2D eigenvalue weighted by atomic mass is 31.2. The Balaban J connectivity index is 1.32. The topological polar surface area (TPSA) is 96.4 Å². The van der Waals surface area contributed by atoms with Crippen LogP contribution in [0.1, 0.15) is 33.9 Å². The summed E-state index contributed by atoms with van der Waals surface area (Å²) in [6.07, 6.45) is -0.525. The van der Waals surface area contributed by atoms with Crippen LogP contribution < -0.4 is 0 Å². The van der Waals surface area contributed by atoms with Crippen molar-refractivity contribution in [3.05, 3.63) is 179 Å². The fraction of sp³-hybridized carbons (Fsp3) is 0.135. The molecule has 3 amide bonds. The maximum absolute atomic E-state index is 14.6. The number of hydrogen-bond acceptors (Lipinski definition) is 5. The molecule has 5 aromatic carbocycles. The number of phosphoric acid groups is 1. The second-order valence-electron chi connectivity index (χ2n) is 11.0. The van der Waals surface area contributed by atoms with E-state index in [0.717, 1.165) is 16.0 Å². The van der Waals surface area contributed by atoms with Gasteiger partial charge in [-0.05, 0) is 27.8 Å². The Kier molecular flexibility index (Phi) is 9.24. The third kappa shape index (κ3) is 6.43. The molecule has 1 heterocycles. The van der Waals surface area contributed by atoms with Crippen molar-refractivity contribution < 1.29 is 28.1 Å². The van der Waals surface area contributed by atoms with E-state index < -0.39 is 38.1 Å². The van der Waals surface area contributed by atoms with E-state index in [9.17, 15) is 19.0 Å². The number of urea groups is 1. The van der Waals surface area contributed by atoms with E-state index in [1.807, 2.05) is 115 Å². The SMILES string of the molecule is O=C1N(COP(=O)(O)OC(Cc2ccccc2)c2ccccc2)C(=O)C(c2ccccc2)(c2ccccc2)N1Cc1ccccc1. The maximum Gasteiger partial charge on any atom is 0.474 e. The van der Waals surface area contributed by atoms with Crippen LogP contribution in [0.25, 0.3) is 0 Å². The van der Waals surface area contributed by atoms with Gasteiger partial charge in [0.15, 0.2) is 5.54 Å². The van der Waals surface area contributed by atoms with Gasteiger partial charge in [0.05, 0.1) is 6.10 Å². The first-order valence-electron chi connectivity index (χ1n) is 14.9. The van der Waals surface area contributed by atoms with Crippen molar-refractivity contribution in [3.63, 3.8) is 0 Å². The number of amides is 3. The molecular weight excluding hydrogens is 599 g/mol. The lowest BCUT2D eigenvalue weighted by Crippen LogP contribution is -2.47. The van der Waals surface area contributed by atoms with Gasteiger partial charge in [-0.1, -0.05) is 152 Å². The zero-order valence-electron chi connectivity index (χ0n) is 25.0. The van der Waals surface area contributed by atoms with Crippen molar-refractivity contribution >= 4 is 19.8 Å². The molecule has 1 fully saturated rings. The summed E-state index contributed by atoms with van der Waals surface area (Å²) in [6, 6.07) is 45.3. The number of phosphoric ester groups is 1. The summed E-state index contributed by atoms with van der Waals surface area (Å²) in [5, 5.41) is 0. The van der Waals surface area contributed by atoms with E-state index in [0.29, 0.717) is 23.1 Å². The first-order valence-corrected chi connectivity index (χ1v) is 16.4. The highest BCUT2D eigenvalue weighted by Gasteiger charge is 2.59. The van der Waals surface area contributed by atoms with Gasteiger partial charge in [0, 0.05) is 13.0 Å². The monoisotopic (exact) mass is 632 g/mol. The quantitative estimate of drug-likeness (QED) is 0.113. The smallest absolute Gasteiger partial charge is 0.302 e. The van der Waals surface area contributed by atoms with Crippen LogP contribution in [0.4, 0.5) is 4.79 Å². The number of carbonyl (C=O) groups is 2. The van der Waals surface area contributed by atoms with Crippen molar-refractivity contribution in [2.45, 2.75) is 24.6 Å². The maximum atomic E-state index is 14.6. The van der Waals surface area contributed by atoms with Gasteiger partial charge in [0.2, 0.25) is 0 Å². The number of benzene rings is 5. The van der Waals surface area contributed by atoms with Crippen LogP contribution in [0.15, 0.2) is 152 Å². The van der Waals surface area contributed by atoms with E-state index in [1.54, 1.807) is 36.4 Å². The zero-order chi connectivity index (χ0) is 32.0. The summed E-state index contributed by atoms with van der Waals surface area (Å²) < 4.78 is 24.7. The minimum Gasteiger partial charge on any atom is -0.302 e. The Bertz CT molecular complexity index is 1770. The molecule has 2 unspecified atom stereocenters. The standard InChI is InChI=1S/C37H33N2O6P/c40-35-37(32-22-12-4-13-23-32,33-24-14-5-15-25-33)39(27-30-18-8-2-9-19-30)36(41)38(35)28-44-46(42,43)45-34(31-20-10-3-11-21-31)26-29-16-6-1-7-17-29/h1-25,34H,26-28H2,(H,42,43). The summed E-state index contributed by atoms with van der Waals surface area (Å²) >= 11 is 0. The fourth-order valence-corrected chi connectivity index (χ4v) is 6.71. The second-order valence-corrected chi connectivity index (χ2v) is 12.4. The molecular formula is C37H33N2O6P. The minimum atomic E-state index is -4.79. The molecule has 6 rings (SSSR count). The van der Waals surface area contributed by atoms with Crippen molar-refractivity contribution in [2.24, 2.45) is 0 Å². The molecule has 0 aromatic heterocycles. The third-order valence-electron chi connectivity index (χ3n) is 8.03. The minimum absolute atomic E-state index is 0.103. The van der Waals surface area contributed by atoms with Gasteiger partial charge in [-0.25, -0.2) is 14.3 Å². The molecule has 9 heteroatoms. The van der Waals surface area contributed by atoms with Crippen LogP contribution in [0, 0.1) is 0 Å². The lowest BCUT2D eigenvalue weighted by molar-refractivity contribution is -0.134. The highest BCUT2D eigenvalue weighted by molar-refractivity contribution is 7.47. The number of nitrogens with zero attached hydrogens (tertiary/aromatic N) is 2. The van der Waals surface area contributed by atoms with Gasteiger partial charge in [-0.15, -0.1) is 0 Å². The first kappa shape index (κ1) is 31.1. The van der Waals surface area contributed by atoms with Gasteiger partial charge < -0.3 is 4.89 Å². The van der Waals surface area contributed by atoms with Crippen molar-refractivity contribution in [2.75, 3.05) is 6.73 Å². The van der Waals surface area contributed by atoms with Crippen LogP contribution in [0.2, 0.25) is 0 Å². The molecule has 5 aromatic rings. The Morgan fingerprint density at radius 2 is 1.11 bits per heavy atom. The van der Waals surface area contributed by atoms with Crippen LogP contribution in [-0.2, 0) is 36.9 Å². The lowest BCUT2D eigenvalue weighted by Gasteiger charge is -2.36. The van der Waals surface area contributed by atoms with Crippen molar-refractivity contribution in [1.29, 1.82) is 0 Å². The summed E-state index contributed by atoms with van der Waals surface area (Å²) in [5.41, 5.74) is 1.98. The Morgan fingerprint density at radius 3 is 1.63 bits per heavy atom. The van der Waals surface area contributed by atoms with Gasteiger partial charge in [0.25, 0.3) is 5.91 Å². The molecule has 0 spiro atoms. The summed E-state index contributed by atoms with van der Waals surface area (Å²) in [5.74, 6) is -0.602. The van der Waals surface area contributed by atoms with E-state index in [-0.39, 0.29) is 6.54 Å². The molecule has 1 saturated heterocycles.